The van der Waals surface area contributed by atoms with E-state index in [1.54, 1.807) is 0 Å². The van der Waals surface area contributed by atoms with E-state index >= 15 is 0 Å². The molecule has 0 radical (unpaired) electrons. The second-order valence-corrected chi connectivity index (χ2v) is 6.93. The van der Waals surface area contributed by atoms with Gasteiger partial charge in [-0.15, -0.1) is 0 Å². The highest BCUT2D eigenvalue weighted by atomic mass is 35.5. The highest BCUT2D eigenvalue weighted by Crippen LogP contribution is 2.38. The van der Waals surface area contributed by atoms with E-state index in [1.165, 1.54) is 6.07 Å². The predicted octanol–water partition coefficient (Wildman–Crippen LogP) is 7.12. The molecule has 4 aromatic rings. The molecule has 0 aliphatic rings. The zero-order valence-electron chi connectivity index (χ0n) is 15.0. The van der Waals surface area contributed by atoms with E-state index in [0.717, 1.165) is 36.5 Å². The van der Waals surface area contributed by atoms with Gasteiger partial charge in [-0.3, -0.25) is 4.98 Å². The highest BCUT2D eigenvalue weighted by molar-refractivity contribution is 6.35. The Kier molecular flexibility index (Phi) is 4.92. The molecule has 31 heavy (non-hydrogen) atoms. The summed E-state index contributed by atoms with van der Waals surface area (Å²) in [4.78, 5) is 10.3. The number of nitrogens with zero attached hydrogens (tertiary/aromatic N) is 2. The lowest BCUT2D eigenvalue weighted by Gasteiger charge is -2.12. The van der Waals surface area contributed by atoms with Crippen molar-refractivity contribution in [3.05, 3.63) is 70.6 Å². The van der Waals surface area contributed by atoms with Crippen LogP contribution in [0.5, 0.6) is 0 Å². The van der Waals surface area contributed by atoms with Crippen LogP contribution in [0.25, 0.3) is 33.7 Å². The maximum atomic E-state index is 14.8. The Balaban J connectivity index is 1.80. The summed E-state index contributed by atoms with van der Waals surface area (Å²) in [5, 5.41) is -0.260. The van der Waals surface area contributed by atoms with Crippen molar-refractivity contribution in [3.63, 3.8) is 0 Å². The van der Waals surface area contributed by atoms with Gasteiger partial charge in [0.1, 0.15) is 11.6 Å². The molecule has 0 saturated carbocycles. The Morgan fingerprint density at radius 3 is 2.29 bits per heavy atom. The lowest BCUT2D eigenvalue weighted by atomic mass is 10.0. The summed E-state index contributed by atoms with van der Waals surface area (Å²) in [7, 11) is 0. The van der Waals surface area contributed by atoms with Gasteiger partial charge in [0.2, 0.25) is 0 Å². The van der Waals surface area contributed by atoms with Crippen molar-refractivity contribution in [1.82, 2.24) is 15.0 Å². The van der Waals surface area contributed by atoms with Gasteiger partial charge in [0.15, 0.2) is 0 Å². The van der Waals surface area contributed by atoms with E-state index in [9.17, 15) is 30.7 Å². The maximum Gasteiger partial charge on any atom is 0.418 e. The van der Waals surface area contributed by atoms with Crippen LogP contribution in [0.4, 0.5) is 30.7 Å². The molecule has 0 unspecified atom stereocenters. The largest absolute Gasteiger partial charge is 0.418 e. The zero-order chi connectivity index (χ0) is 22.6. The molecule has 0 atom stereocenters. The molecule has 4 rings (SSSR count). The van der Waals surface area contributed by atoms with Gasteiger partial charge in [-0.05, 0) is 36.4 Å². The number of benzene rings is 2. The fourth-order valence-electron chi connectivity index (χ4n) is 3.08. The number of hydrogen-bond donors (Lipinski definition) is 1. The second kappa shape index (κ2) is 7.23. The van der Waals surface area contributed by atoms with E-state index < -0.39 is 35.0 Å². The van der Waals surface area contributed by atoms with Crippen molar-refractivity contribution in [2.45, 2.75) is 12.4 Å². The van der Waals surface area contributed by atoms with Crippen LogP contribution < -0.4 is 0 Å². The van der Waals surface area contributed by atoms with Crippen LogP contribution in [0, 0.1) is 5.82 Å². The van der Waals surface area contributed by atoms with Gasteiger partial charge in [-0.25, -0.2) is 9.37 Å². The van der Waals surface area contributed by atoms with Crippen molar-refractivity contribution < 1.29 is 30.7 Å². The van der Waals surface area contributed by atoms with Crippen LogP contribution in [0.2, 0.25) is 5.02 Å². The molecule has 0 spiro atoms. The predicted molar refractivity (Wildman–Crippen MR) is 99.7 cm³/mol. The van der Waals surface area contributed by atoms with Gasteiger partial charge in [0, 0.05) is 11.8 Å². The van der Waals surface area contributed by atoms with Crippen LogP contribution in [-0.2, 0) is 12.4 Å². The third-order valence-electron chi connectivity index (χ3n) is 4.48. The number of hydrogen-bond acceptors (Lipinski definition) is 2. The average molecular weight is 460 g/mol. The quantitative estimate of drug-likeness (QED) is 0.324. The Bertz CT molecular complexity index is 1290. The molecular weight excluding hydrogens is 451 g/mol. The van der Waals surface area contributed by atoms with Crippen LogP contribution in [0.1, 0.15) is 11.1 Å². The van der Waals surface area contributed by atoms with Crippen LogP contribution >= 0.6 is 11.6 Å². The average Bonchev–Trinajstić information content (AvgIpc) is 3.11. The number of imidazole rings is 1. The minimum absolute atomic E-state index is 0.0669. The molecule has 0 fully saturated rings. The number of halogens is 8. The van der Waals surface area contributed by atoms with Gasteiger partial charge in [0.05, 0.1) is 38.4 Å². The fraction of sp³-hybridized carbons (Fsp3) is 0.100. The van der Waals surface area contributed by atoms with Crippen LogP contribution in [0.15, 0.2) is 48.7 Å². The number of aromatic amines is 1. The normalized spacial score (nSPS) is 12.5. The SMILES string of the molecule is Fc1cc(-c2ncccc2C(F)(F)F)ccc1-c1nc2cc(C(F)(F)F)cc(Cl)c2[nH]1. The summed E-state index contributed by atoms with van der Waals surface area (Å²) in [6, 6.07) is 6.64. The Morgan fingerprint density at radius 2 is 1.65 bits per heavy atom. The van der Waals surface area contributed by atoms with Crippen molar-refractivity contribution in [1.29, 1.82) is 0 Å². The molecule has 160 valence electrons. The first-order valence-corrected chi connectivity index (χ1v) is 8.92. The van der Waals surface area contributed by atoms with E-state index in [1.807, 2.05) is 0 Å². The molecule has 1 N–H and O–H groups in total. The summed E-state index contributed by atoms with van der Waals surface area (Å²) in [6.45, 7) is 0. The fourth-order valence-corrected chi connectivity index (χ4v) is 3.34. The number of aromatic nitrogens is 3. The number of fused-ring (bicyclic) bond motifs is 1. The van der Waals surface area contributed by atoms with Crippen molar-refractivity contribution in [3.8, 4) is 22.6 Å². The summed E-state index contributed by atoms with van der Waals surface area (Å²) >= 11 is 5.89. The van der Waals surface area contributed by atoms with Crippen LogP contribution in [0.3, 0.4) is 0 Å². The number of rotatable bonds is 2. The summed E-state index contributed by atoms with van der Waals surface area (Å²) in [5.74, 6) is -1.07. The first-order chi connectivity index (χ1) is 14.4. The Hall–Kier alpha value is -3.14. The number of pyridine rings is 1. The Labute approximate surface area is 174 Å². The van der Waals surface area contributed by atoms with Gasteiger partial charge in [-0.1, -0.05) is 17.7 Å². The second-order valence-electron chi connectivity index (χ2n) is 6.53. The minimum Gasteiger partial charge on any atom is -0.337 e. The molecular formula is C20H9ClF7N3. The van der Waals surface area contributed by atoms with E-state index in [0.29, 0.717) is 6.07 Å². The lowest BCUT2D eigenvalue weighted by Crippen LogP contribution is -2.08. The molecule has 0 amide bonds. The third-order valence-corrected chi connectivity index (χ3v) is 4.78. The lowest BCUT2D eigenvalue weighted by molar-refractivity contribution is -0.138. The zero-order valence-corrected chi connectivity index (χ0v) is 15.8. The standard InChI is InChI=1S/C20H9ClF7N3/c21-13-7-10(19(23,24)25)8-15-17(13)31-18(30-15)11-4-3-9(6-14(11)22)16-12(20(26,27)28)2-1-5-29-16/h1-8H,(H,30,31). The van der Waals surface area contributed by atoms with E-state index in [4.69, 9.17) is 11.6 Å². The first kappa shape index (κ1) is 21.1. The molecule has 0 aliphatic carbocycles. The van der Waals surface area contributed by atoms with E-state index in [2.05, 4.69) is 15.0 Å². The molecule has 0 bridgehead atoms. The topological polar surface area (TPSA) is 41.6 Å². The summed E-state index contributed by atoms with van der Waals surface area (Å²) < 4.78 is 93.3. The monoisotopic (exact) mass is 459 g/mol. The third kappa shape index (κ3) is 3.95. The highest BCUT2D eigenvalue weighted by Gasteiger charge is 2.34. The van der Waals surface area contributed by atoms with Gasteiger partial charge in [0.25, 0.3) is 0 Å². The van der Waals surface area contributed by atoms with Crippen molar-refractivity contribution in [2.24, 2.45) is 0 Å². The van der Waals surface area contributed by atoms with Crippen molar-refractivity contribution in [2.75, 3.05) is 0 Å². The maximum absolute atomic E-state index is 14.8. The smallest absolute Gasteiger partial charge is 0.337 e. The summed E-state index contributed by atoms with van der Waals surface area (Å²) in [6.07, 6.45) is -8.19. The van der Waals surface area contributed by atoms with Gasteiger partial charge in [-0.2, -0.15) is 26.3 Å². The summed E-state index contributed by atoms with van der Waals surface area (Å²) in [5.41, 5.74) is -2.86. The Morgan fingerprint density at radius 1 is 0.903 bits per heavy atom. The molecule has 2 aromatic carbocycles. The molecule has 11 heteroatoms. The minimum atomic E-state index is -4.69. The molecule has 0 aliphatic heterocycles. The number of H-pyrrole nitrogens is 1. The molecule has 2 aromatic heterocycles. The van der Waals surface area contributed by atoms with Gasteiger partial charge < -0.3 is 4.98 Å². The molecule has 3 nitrogen and oxygen atoms in total. The van der Waals surface area contributed by atoms with Crippen molar-refractivity contribution >= 4 is 22.6 Å². The number of alkyl halides is 6. The van der Waals surface area contributed by atoms with Gasteiger partial charge >= 0.3 is 12.4 Å². The van der Waals surface area contributed by atoms with E-state index in [-0.39, 0.29) is 33.0 Å². The van der Waals surface area contributed by atoms with Crippen LogP contribution in [-0.4, -0.2) is 15.0 Å². The molecule has 2 heterocycles. The first-order valence-electron chi connectivity index (χ1n) is 8.54. The number of nitrogens with one attached hydrogen (secondary N) is 1. The molecule has 0 saturated heterocycles.